The molecule has 0 amide bonds. The number of ether oxygens (including phenoxy) is 2. The first kappa shape index (κ1) is 8.74. The second kappa shape index (κ2) is 2.57. The summed E-state index contributed by atoms with van der Waals surface area (Å²) >= 11 is 0. The molecule has 0 fully saturated rings. The van der Waals surface area contributed by atoms with Gasteiger partial charge >= 0.3 is 6.29 Å². The Morgan fingerprint density at radius 2 is 2.07 bits per heavy atom. The number of hydrogen-bond acceptors (Lipinski definition) is 4. The van der Waals surface area contributed by atoms with Crippen LogP contribution in [-0.2, 0) is 0 Å². The van der Waals surface area contributed by atoms with E-state index >= 15 is 0 Å². The molecule has 1 aliphatic heterocycles. The summed E-state index contributed by atoms with van der Waals surface area (Å²) in [5.41, 5.74) is -0.134. The molecule has 2 rings (SSSR count). The zero-order valence-electron chi connectivity index (χ0n) is 6.66. The Morgan fingerprint density at radius 1 is 1.36 bits per heavy atom. The minimum atomic E-state index is -3.79. The third kappa shape index (κ3) is 1.15. The normalized spacial score (nSPS) is 16.7. The predicted octanol–water partition coefficient (Wildman–Crippen LogP) is 1.53. The summed E-state index contributed by atoms with van der Waals surface area (Å²) in [5.74, 6) is -1.45. The summed E-state index contributed by atoms with van der Waals surface area (Å²) in [5, 5.41) is 9.27. The van der Waals surface area contributed by atoms with Crippen LogP contribution in [0.1, 0.15) is 10.4 Å². The van der Waals surface area contributed by atoms with Crippen molar-refractivity contribution < 1.29 is 28.2 Å². The maximum absolute atomic E-state index is 12.5. The van der Waals surface area contributed by atoms with Crippen molar-refractivity contribution in [3.8, 4) is 17.2 Å². The Morgan fingerprint density at radius 3 is 2.71 bits per heavy atom. The molecular formula is C8H4F2O4. The van der Waals surface area contributed by atoms with Crippen LogP contribution < -0.4 is 9.47 Å². The fourth-order valence-corrected chi connectivity index (χ4v) is 1.11. The van der Waals surface area contributed by atoms with E-state index in [9.17, 15) is 18.7 Å². The van der Waals surface area contributed by atoms with E-state index in [1.807, 2.05) is 0 Å². The van der Waals surface area contributed by atoms with E-state index in [2.05, 4.69) is 9.47 Å². The Labute approximate surface area is 76.7 Å². The average molecular weight is 202 g/mol. The molecule has 0 aliphatic carbocycles. The molecule has 0 saturated heterocycles. The van der Waals surface area contributed by atoms with Gasteiger partial charge in [0, 0.05) is 0 Å². The number of phenolic OH excluding ortho intramolecular Hbond substituents is 1. The van der Waals surface area contributed by atoms with Crippen molar-refractivity contribution in [3.05, 3.63) is 17.7 Å². The maximum atomic E-state index is 12.5. The van der Waals surface area contributed by atoms with Crippen LogP contribution >= 0.6 is 0 Å². The van der Waals surface area contributed by atoms with Gasteiger partial charge in [-0.15, -0.1) is 8.78 Å². The summed E-state index contributed by atoms with van der Waals surface area (Å²) in [6, 6.07) is 2.28. The number of hydrogen-bond donors (Lipinski definition) is 1. The topological polar surface area (TPSA) is 55.8 Å². The molecule has 1 aromatic carbocycles. The van der Waals surface area contributed by atoms with E-state index in [1.54, 1.807) is 0 Å². The first-order valence-electron chi connectivity index (χ1n) is 3.60. The van der Waals surface area contributed by atoms with Crippen LogP contribution in [-0.4, -0.2) is 17.7 Å². The van der Waals surface area contributed by atoms with Gasteiger partial charge in [0.25, 0.3) is 0 Å². The molecule has 4 nitrogen and oxygen atoms in total. The molecule has 0 aromatic heterocycles. The lowest BCUT2D eigenvalue weighted by atomic mass is 10.2. The molecule has 0 saturated carbocycles. The summed E-state index contributed by atoms with van der Waals surface area (Å²) in [4.78, 5) is 10.3. The molecule has 1 N–H and O–H groups in total. The van der Waals surface area contributed by atoms with Crippen LogP contribution in [0, 0.1) is 0 Å². The number of carbonyl (C=O) groups excluding carboxylic acids is 1. The Balaban J connectivity index is 2.53. The first-order valence-corrected chi connectivity index (χ1v) is 3.60. The van der Waals surface area contributed by atoms with Gasteiger partial charge in [0.1, 0.15) is 0 Å². The second-order valence-corrected chi connectivity index (χ2v) is 2.62. The molecule has 1 aromatic rings. The number of fused-ring (bicyclic) bond motifs is 1. The van der Waals surface area contributed by atoms with Gasteiger partial charge in [0.15, 0.2) is 17.8 Å². The first-order chi connectivity index (χ1) is 6.53. The smallest absolute Gasteiger partial charge is 0.504 e. The highest BCUT2D eigenvalue weighted by molar-refractivity contribution is 5.82. The molecular weight excluding hydrogens is 198 g/mol. The van der Waals surface area contributed by atoms with Gasteiger partial charge in [-0.1, -0.05) is 0 Å². The van der Waals surface area contributed by atoms with Crippen molar-refractivity contribution in [2.24, 2.45) is 0 Å². The van der Waals surface area contributed by atoms with Crippen molar-refractivity contribution >= 4 is 6.29 Å². The third-order valence-corrected chi connectivity index (χ3v) is 1.70. The zero-order chi connectivity index (χ0) is 10.3. The fraction of sp³-hybridized carbons (Fsp3) is 0.125. The lowest BCUT2D eigenvalue weighted by molar-refractivity contribution is -0.287. The average Bonchev–Trinajstić information content (AvgIpc) is 2.42. The van der Waals surface area contributed by atoms with E-state index in [-0.39, 0.29) is 11.3 Å². The molecule has 1 heterocycles. The van der Waals surface area contributed by atoms with Gasteiger partial charge in [0.2, 0.25) is 5.75 Å². The van der Waals surface area contributed by atoms with Gasteiger partial charge < -0.3 is 14.6 Å². The molecule has 0 atom stereocenters. The van der Waals surface area contributed by atoms with E-state index in [0.717, 1.165) is 12.1 Å². The van der Waals surface area contributed by atoms with E-state index in [4.69, 9.17) is 0 Å². The van der Waals surface area contributed by atoms with Crippen molar-refractivity contribution in [1.82, 2.24) is 0 Å². The highest BCUT2D eigenvalue weighted by atomic mass is 19.3. The number of rotatable bonds is 1. The minimum Gasteiger partial charge on any atom is -0.504 e. The lowest BCUT2D eigenvalue weighted by Gasteiger charge is -2.04. The summed E-state index contributed by atoms with van der Waals surface area (Å²) in [6.45, 7) is 0. The molecule has 14 heavy (non-hydrogen) atoms. The third-order valence-electron chi connectivity index (χ3n) is 1.70. The molecule has 6 heteroatoms. The van der Waals surface area contributed by atoms with Gasteiger partial charge in [-0.2, -0.15) is 0 Å². The summed E-state index contributed by atoms with van der Waals surface area (Å²) in [7, 11) is 0. The fourth-order valence-electron chi connectivity index (χ4n) is 1.11. The number of carbonyl (C=O) groups is 1. The van der Waals surface area contributed by atoms with Gasteiger partial charge in [-0.3, -0.25) is 4.79 Å². The Bertz CT molecular complexity index is 403. The monoisotopic (exact) mass is 202 g/mol. The SMILES string of the molecule is O=Cc1ccc2c(c1O)OC(F)(F)O2. The van der Waals surface area contributed by atoms with Crippen LogP contribution in [0.3, 0.4) is 0 Å². The van der Waals surface area contributed by atoms with Crippen molar-refractivity contribution in [2.75, 3.05) is 0 Å². The second-order valence-electron chi connectivity index (χ2n) is 2.62. The Kier molecular flexibility index (Phi) is 1.60. The largest absolute Gasteiger partial charge is 0.586 e. The van der Waals surface area contributed by atoms with Gasteiger partial charge in [-0.25, -0.2) is 0 Å². The van der Waals surface area contributed by atoms with Gasteiger partial charge in [-0.05, 0) is 12.1 Å². The zero-order valence-corrected chi connectivity index (χ0v) is 6.66. The van der Waals surface area contributed by atoms with E-state index in [0.29, 0.717) is 6.29 Å². The van der Waals surface area contributed by atoms with Crippen LogP contribution in [0.4, 0.5) is 8.78 Å². The van der Waals surface area contributed by atoms with Crippen LogP contribution in [0.15, 0.2) is 12.1 Å². The molecule has 0 radical (unpaired) electrons. The quantitative estimate of drug-likeness (QED) is 0.701. The number of phenols is 1. The van der Waals surface area contributed by atoms with E-state index < -0.39 is 17.8 Å². The summed E-state index contributed by atoms with van der Waals surface area (Å²) in [6.07, 6.45) is -3.46. The highest BCUT2D eigenvalue weighted by Gasteiger charge is 2.45. The number of alkyl halides is 2. The minimum absolute atomic E-state index is 0.134. The lowest BCUT2D eigenvalue weighted by Crippen LogP contribution is -2.25. The Hall–Kier alpha value is -1.85. The summed E-state index contributed by atoms with van der Waals surface area (Å²) < 4.78 is 33.1. The molecule has 0 spiro atoms. The molecule has 1 aliphatic rings. The number of halogens is 2. The van der Waals surface area contributed by atoms with Crippen LogP contribution in [0.5, 0.6) is 17.2 Å². The van der Waals surface area contributed by atoms with Crippen LogP contribution in [0.25, 0.3) is 0 Å². The molecule has 0 unspecified atom stereocenters. The van der Waals surface area contributed by atoms with Gasteiger partial charge in [0.05, 0.1) is 5.56 Å². The molecule has 0 bridgehead atoms. The van der Waals surface area contributed by atoms with Crippen molar-refractivity contribution in [3.63, 3.8) is 0 Å². The number of aldehydes is 1. The number of aromatic hydroxyl groups is 1. The van der Waals surface area contributed by atoms with E-state index in [1.165, 1.54) is 0 Å². The predicted molar refractivity (Wildman–Crippen MR) is 39.7 cm³/mol. The standard InChI is InChI=1S/C8H4F2O4/c9-8(10)13-5-2-1-4(3-11)6(12)7(5)14-8/h1-3,12H. The van der Waals surface area contributed by atoms with Crippen molar-refractivity contribution in [2.45, 2.75) is 6.29 Å². The number of benzene rings is 1. The van der Waals surface area contributed by atoms with Crippen LogP contribution in [0.2, 0.25) is 0 Å². The molecule has 74 valence electrons. The maximum Gasteiger partial charge on any atom is 0.586 e. The highest BCUT2D eigenvalue weighted by Crippen LogP contribution is 2.47. The van der Waals surface area contributed by atoms with Crippen molar-refractivity contribution in [1.29, 1.82) is 0 Å².